The summed E-state index contributed by atoms with van der Waals surface area (Å²) >= 11 is 0. The molecule has 0 spiro atoms. The van der Waals surface area contributed by atoms with Crippen molar-refractivity contribution >= 4 is 11.3 Å². The van der Waals surface area contributed by atoms with E-state index >= 15 is 4.39 Å². The number of benzene rings is 1. The van der Waals surface area contributed by atoms with Crippen LogP contribution in [0, 0.1) is 5.82 Å². The van der Waals surface area contributed by atoms with Gasteiger partial charge in [-0.15, -0.1) is 0 Å². The number of allylic oxidation sites excluding steroid dienone is 1. The van der Waals surface area contributed by atoms with E-state index in [0.29, 0.717) is 23.9 Å². The second kappa shape index (κ2) is 9.00. The fourth-order valence-corrected chi connectivity index (χ4v) is 4.57. The van der Waals surface area contributed by atoms with Crippen LogP contribution in [0.1, 0.15) is 43.7 Å². The van der Waals surface area contributed by atoms with Crippen molar-refractivity contribution in [3.05, 3.63) is 29.1 Å². The fourth-order valence-electron chi connectivity index (χ4n) is 4.57. The van der Waals surface area contributed by atoms with E-state index < -0.39 is 0 Å². The van der Waals surface area contributed by atoms with Crippen LogP contribution >= 0.6 is 0 Å². The molecule has 4 rings (SSSR count). The van der Waals surface area contributed by atoms with Crippen LogP contribution < -0.4 is 26.0 Å². The molecule has 0 aliphatic carbocycles. The zero-order chi connectivity index (χ0) is 20.4. The molecule has 6 nitrogen and oxygen atoms in total. The molecule has 3 aliphatic heterocycles. The van der Waals surface area contributed by atoms with Gasteiger partial charge in [0, 0.05) is 12.6 Å². The first-order valence-electron chi connectivity index (χ1n) is 10.9. The summed E-state index contributed by atoms with van der Waals surface area (Å²) in [6.45, 7) is 4.68. The zero-order valence-electron chi connectivity index (χ0n) is 17.8. The molecule has 4 N–H and O–H groups in total. The Kier molecular flexibility index (Phi) is 6.39. The molecule has 160 valence electrons. The van der Waals surface area contributed by atoms with E-state index in [9.17, 15) is 0 Å². The minimum Gasteiger partial charge on any atom is -0.493 e. The highest BCUT2D eigenvalue weighted by atomic mass is 19.1. The third-order valence-corrected chi connectivity index (χ3v) is 6.14. The Morgan fingerprint density at radius 1 is 1.24 bits per heavy atom. The van der Waals surface area contributed by atoms with Gasteiger partial charge in [-0.1, -0.05) is 6.08 Å². The molecule has 29 heavy (non-hydrogen) atoms. The van der Waals surface area contributed by atoms with E-state index in [4.69, 9.17) is 4.74 Å². The van der Waals surface area contributed by atoms with E-state index in [1.54, 1.807) is 0 Å². The van der Waals surface area contributed by atoms with Crippen molar-refractivity contribution in [1.82, 2.24) is 20.9 Å². The molecule has 0 aromatic heterocycles. The van der Waals surface area contributed by atoms with E-state index in [1.165, 1.54) is 0 Å². The highest BCUT2D eigenvalue weighted by Gasteiger charge is 2.28. The Hall–Kier alpha value is -1.67. The summed E-state index contributed by atoms with van der Waals surface area (Å²) in [5, 5.41) is 13.6. The highest BCUT2D eigenvalue weighted by Crippen LogP contribution is 2.41. The number of aryl methyl sites for hydroxylation is 1. The zero-order valence-corrected chi connectivity index (χ0v) is 17.8. The van der Waals surface area contributed by atoms with Crippen LogP contribution in [0.3, 0.4) is 0 Å². The number of nitrogens with one attached hydrogen (secondary N) is 4. The largest absolute Gasteiger partial charge is 0.493 e. The maximum Gasteiger partial charge on any atom is 0.157 e. The maximum atomic E-state index is 15.8. The van der Waals surface area contributed by atoms with Gasteiger partial charge in [-0.25, -0.2) is 4.39 Å². The second-order valence-corrected chi connectivity index (χ2v) is 8.54. The van der Waals surface area contributed by atoms with Crippen molar-refractivity contribution in [2.75, 3.05) is 39.1 Å². The summed E-state index contributed by atoms with van der Waals surface area (Å²) in [7, 11) is 4.05. The number of nitrogens with zero attached hydrogens (tertiary/aromatic N) is 1. The van der Waals surface area contributed by atoms with Crippen LogP contribution in [-0.2, 0) is 6.42 Å². The number of fused-ring (bicyclic) bond motifs is 1. The van der Waals surface area contributed by atoms with Crippen LogP contribution in [-0.4, -0.2) is 57.2 Å². The number of hydrogen-bond donors (Lipinski definition) is 4. The third-order valence-electron chi connectivity index (χ3n) is 6.14. The normalized spacial score (nSPS) is 28.1. The SMILES string of the molecule is CNC1CC(C)NC(Nc2cc3c(c(C4=CCN(C)CCC4)c2F)OCCC3)N1. The van der Waals surface area contributed by atoms with E-state index in [1.807, 2.05) is 13.1 Å². The van der Waals surface area contributed by atoms with Crippen molar-refractivity contribution in [2.24, 2.45) is 0 Å². The molecule has 1 saturated heterocycles. The Morgan fingerprint density at radius 2 is 2.10 bits per heavy atom. The molecule has 1 fully saturated rings. The molecule has 3 aliphatic rings. The lowest BCUT2D eigenvalue weighted by Crippen LogP contribution is -2.63. The predicted octanol–water partition coefficient (Wildman–Crippen LogP) is 2.47. The van der Waals surface area contributed by atoms with Crippen LogP contribution in [0.4, 0.5) is 10.1 Å². The second-order valence-electron chi connectivity index (χ2n) is 8.54. The summed E-state index contributed by atoms with van der Waals surface area (Å²) in [5.74, 6) is 0.547. The lowest BCUT2D eigenvalue weighted by Gasteiger charge is -2.37. The first-order valence-corrected chi connectivity index (χ1v) is 10.9. The van der Waals surface area contributed by atoms with Crippen molar-refractivity contribution in [2.45, 2.75) is 57.5 Å². The van der Waals surface area contributed by atoms with Gasteiger partial charge < -0.3 is 20.3 Å². The fraction of sp³-hybridized carbons (Fsp3) is 0.636. The molecule has 3 heterocycles. The van der Waals surface area contributed by atoms with E-state index in [-0.39, 0.29) is 18.3 Å². The van der Waals surface area contributed by atoms with Gasteiger partial charge in [0.2, 0.25) is 0 Å². The van der Waals surface area contributed by atoms with E-state index in [0.717, 1.165) is 62.1 Å². The summed E-state index contributed by atoms with van der Waals surface area (Å²) in [6, 6.07) is 2.27. The molecule has 3 unspecified atom stereocenters. The predicted molar refractivity (Wildman–Crippen MR) is 116 cm³/mol. The molecule has 3 atom stereocenters. The molecular formula is C22H34FN5O. The van der Waals surface area contributed by atoms with Gasteiger partial charge in [0.15, 0.2) is 5.82 Å². The Labute approximate surface area is 173 Å². The number of anilines is 1. The highest BCUT2D eigenvalue weighted by molar-refractivity contribution is 5.77. The smallest absolute Gasteiger partial charge is 0.157 e. The van der Waals surface area contributed by atoms with Gasteiger partial charge >= 0.3 is 0 Å². The van der Waals surface area contributed by atoms with Gasteiger partial charge in [-0.2, -0.15) is 0 Å². The molecule has 0 saturated carbocycles. The number of likely N-dealkylation sites (N-methyl/N-ethyl adjacent to an activating group) is 1. The molecule has 1 aromatic rings. The molecule has 0 radical (unpaired) electrons. The average molecular weight is 404 g/mol. The van der Waals surface area contributed by atoms with Crippen molar-refractivity contribution < 1.29 is 9.13 Å². The number of hydrogen-bond acceptors (Lipinski definition) is 6. The lowest BCUT2D eigenvalue weighted by molar-refractivity contribution is 0.248. The van der Waals surface area contributed by atoms with Gasteiger partial charge in [0.25, 0.3) is 0 Å². The first kappa shape index (κ1) is 20.6. The van der Waals surface area contributed by atoms with Crippen LogP contribution in [0.2, 0.25) is 0 Å². The summed E-state index contributed by atoms with van der Waals surface area (Å²) < 4.78 is 21.8. The van der Waals surface area contributed by atoms with Crippen LogP contribution in [0.15, 0.2) is 12.1 Å². The van der Waals surface area contributed by atoms with Crippen molar-refractivity contribution in [3.8, 4) is 5.75 Å². The minimum atomic E-state index is -0.204. The number of rotatable bonds is 4. The summed E-state index contributed by atoms with van der Waals surface area (Å²) in [5.41, 5.74) is 3.37. The van der Waals surface area contributed by atoms with Gasteiger partial charge in [-0.05, 0) is 76.9 Å². The van der Waals surface area contributed by atoms with E-state index in [2.05, 4.69) is 46.2 Å². The molecule has 1 aromatic carbocycles. The van der Waals surface area contributed by atoms with Gasteiger partial charge in [0.05, 0.1) is 24.0 Å². The summed E-state index contributed by atoms with van der Waals surface area (Å²) in [4.78, 5) is 2.27. The van der Waals surface area contributed by atoms with Crippen LogP contribution in [0.25, 0.3) is 5.57 Å². The quantitative estimate of drug-likeness (QED) is 0.620. The topological polar surface area (TPSA) is 60.6 Å². The van der Waals surface area contributed by atoms with Crippen molar-refractivity contribution in [1.29, 1.82) is 0 Å². The Balaban J connectivity index is 1.68. The van der Waals surface area contributed by atoms with Crippen LogP contribution in [0.5, 0.6) is 5.75 Å². The van der Waals surface area contributed by atoms with Gasteiger partial charge in [-0.3, -0.25) is 10.6 Å². The number of halogens is 1. The Morgan fingerprint density at radius 3 is 2.93 bits per heavy atom. The summed E-state index contributed by atoms with van der Waals surface area (Å²) in [6.07, 6.45) is 6.93. The van der Waals surface area contributed by atoms with Gasteiger partial charge in [0.1, 0.15) is 12.0 Å². The maximum absolute atomic E-state index is 15.8. The number of ether oxygens (including phenoxy) is 1. The molecule has 0 amide bonds. The molecular weight excluding hydrogens is 369 g/mol. The monoisotopic (exact) mass is 403 g/mol. The standard InChI is InChI=1S/C22H34FN5O/c1-14-12-18(24-2)27-22(25-14)26-17-13-16-7-5-11-29-21(16)19(20(17)23)15-6-4-9-28(3)10-8-15/h8,13-14,18,22,24-27H,4-7,9-12H2,1-3H3. The Bertz CT molecular complexity index is 768. The molecule has 0 bridgehead atoms. The third kappa shape index (κ3) is 4.58. The lowest BCUT2D eigenvalue weighted by atomic mass is 9.93. The first-order chi connectivity index (χ1) is 14.0. The molecule has 7 heteroatoms. The van der Waals surface area contributed by atoms with Crippen molar-refractivity contribution in [3.63, 3.8) is 0 Å². The average Bonchev–Trinajstić information content (AvgIpc) is 2.92. The minimum absolute atomic E-state index is 0.187.